The summed E-state index contributed by atoms with van der Waals surface area (Å²) in [7, 11) is 4.96. The van der Waals surface area contributed by atoms with E-state index in [9.17, 15) is 14.4 Å². The molecule has 0 spiro atoms. The summed E-state index contributed by atoms with van der Waals surface area (Å²) in [5, 5.41) is 2.89. The Morgan fingerprint density at radius 3 is 2.53 bits per heavy atom. The second-order valence-corrected chi connectivity index (χ2v) is 7.67. The molecule has 0 radical (unpaired) electrons. The number of methoxy groups -OCH3 is 1. The highest BCUT2D eigenvalue weighted by atomic mass is 16.5. The molecule has 1 aliphatic rings. The fourth-order valence-corrected chi connectivity index (χ4v) is 3.96. The van der Waals surface area contributed by atoms with Crippen molar-refractivity contribution < 1.29 is 14.3 Å². The maximum Gasteiger partial charge on any atom is 0.328 e. The standard InChI is InChI=1S/C22H24N4O4/c1-13-5-8-19(30-4)18(9-13)26-12-14(10-20(26)27)21(28)23-15-6-7-16-17(11-15)25(3)22(29)24(16)2/h5-9,11,14H,10,12H2,1-4H3,(H,23,28). The van der Waals surface area contributed by atoms with Crippen LogP contribution < -0.4 is 20.6 Å². The number of nitrogens with one attached hydrogen (secondary N) is 1. The van der Waals surface area contributed by atoms with E-state index in [1.165, 1.54) is 4.57 Å². The van der Waals surface area contributed by atoms with E-state index in [2.05, 4.69) is 5.32 Å². The highest BCUT2D eigenvalue weighted by Gasteiger charge is 2.36. The van der Waals surface area contributed by atoms with E-state index in [0.29, 0.717) is 17.1 Å². The number of imidazole rings is 1. The Hall–Kier alpha value is -3.55. The summed E-state index contributed by atoms with van der Waals surface area (Å²) >= 11 is 0. The molecule has 0 aliphatic carbocycles. The Morgan fingerprint density at radius 2 is 1.80 bits per heavy atom. The number of carbonyl (C=O) groups excluding carboxylic acids is 2. The molecule has 1 saturated heterocycles. The molecule has 156 valence electrons. The lowest BCUT2D eigenvalue weighted by Crippen LogP contribution is -2.28. The molecule has 8 nitrogen and oxygen atoms in total. The molecule has 1 aromatic heterocycles. The lowest BCUT2D eigenvalue weighted by Gasteiger charge is -2.20. The fraction of sp³-hybridized carbons (Fsp3) is 0.318. The van der Waals surface area contributed by atoms with Crippen LogP contribution in [0, 0.1) is 12.8 Å². The van der Waals surface area contributed by atoms with Gasteiger partial charge in [0.05, 0.1) is 29.7 Å². The van der Waals surface area contributed by atoms with E-state index in [1.807, 2.05) is 25.1 Å². The van der Waals surface area contributed by atoms with E-state index >= 15 is 0 Å². The maximum absolute atomic E-state index is 12.9. The predicted octanol–water partition coefficient (Wildman–Crippen LogP) is 2.19. The van der Waals surface area contributed by atoms with Gasteiger partial charge in [0.25, 0.3) is 0 Å². The van der Waals surface area contributed by atoms with Crippen molar-refractivity contribution >= 4 is 34.2 Å². The van der Waals surface area contributed by atoms with Gasteiger partial charge >= 0.3 is 5.69 Å². The average Bonchev–Trinajstić information content (AvgIpc) is 3.22. The average molecular weight is 408 g/mol. The summed E-state index contributed by atoms with van der Waals surface area (Å²) in [6.45, 7) is 2.23. The van der Waals surface area contributed by atoms with Crippen LogP contribution in [-0.2, 0) is 23.7 Å². The zero-order chi connectivity index (χ0) is 21.6. The normalized spacial score (nSPS) is 16.3. The minimum Gasteiger partial charge on any atom is -0.495 e. The largest absolute Gasteiger partial charge is 0.495 e. The molecule has 4 rings (SSSR count). The topological polar surface area (TPSA) is 85.6 Å². The van der Waals surface area contributed by atoms with Gasteiger partial charge in [-0.1, -0.05) is 6.07 Å². The van der Waals surface area contributed by atoms with Gasteiger partial charge in [0.2, 0.25) is 11.8 Å². The third-order valence-electron chi connectivity index (χ3n) is 5.66. The number of amides is 2. The van der Waals surface area contributed by atoms with Crippen LogP contribution in [0.1, 0.15) is 12.0 Å². The highest BCUT2D eigenvalue weighted by molar-refractivity contribution is 6.04. The molecule has 30 heavy (non-hydrogen) atoms. The van der Waals surface area contributed by atoms with Gasteiger partial charge in [0.15, 0.2) is 0 Å². The number of benzene rings is 2. The van der Waals surface area contributed by atoms with Crippen molar-refractivity contribution in [2.24, 2.45) is 20.0 Å². The van der Waals surface area contributed by atoms with Crippen LogP contribution in [0.25, 0.3) is 11.0 Å². The number of ether oxygens (including phenoxy) is 1. The number of carbonyl (C=O) groups is 2. The number of aromatic nitrogens is 2. The predicted molar refractivity (Wildman–Crippen MR) is 115 cm³/mol. The Labute approximate surface area is 173 Å². The van der Waals surface area contributed by atoms with Gasteiger partial charge in [0, 0.05) is 32.7 Å². The Kier molecular flexibility index (Phi) is 4.85. The van der Waals surface area contributed by atoms with Crippen molar-refractivity contribution in [2.45, 2.75) is 13.3 Å². The van der Waals surface area contributed by atoms with Crippen LogP contribution in [0.15, 0.2) is 41.2 Å². The Morgan fingerprint density at radius 1 is 1.07 bits per heavy atom. The molecule has 0 saturated carbocycles. The van der Waals surface area contributed by atoms with E-state index in [1.54, 1.807) is 48.9 Å². The fourth-order valence-electron chi connectivity index (χ4n) is 3.96. The number of rotatable bonds is 4. The van der Waals surface area contributed by atoms with Crippen molar-refractivity contribution in [3.63, 3.8) is 0 Å². The van der Waals surface area contributed by atoms with Crippen molar-refractivity contribution in [2.75, 3.05) is 23.9 Å². The molecule has 2 amide bonds. The first kappa shape index (κ1) is 19.8. The number of aryl methyl sites for hydroxylation is 3. The summed E-state index contributed by atoms with van der Waals surface area (Å²) in [5.74, 6) is -0.207. The molecule has 0 bridgehead atoms. The summed E-state index contributed by atoms with van der Waals surface area (Å²) in [4.78, 5) is 39.2. The number of hydrogen-bond donors (Lipinski definition) is 1. The molecule has 1 fully saturated rings. The summed E-state index contributed by atoms with van der Waals surface area (Å²) in [6.07, 6.45) is 0.134. The van der Waals surface area contributed by atoms with E-state index in [4.69, 9.17) is 4.74 Å². The van der Waals surface area contributed by atoms with Crippen LogP contribution in [-0.4, -0.2) is 34.6 Å². The monoisotopic (exact) mass is 408 g/mol. The van der Waals surface area contributed by atoms with E-state index < -0.39 is 5.92 Å². The number of anilines is 2. The van der Waals surface area contributed by atoms with Crippen molar-refractivity contribution in [3.8, 4) is 5.75 Å². The summed E-state index contributed by atoms with van der Waals surface area (Å²) in [5.41, 5.74) is 3.67. The van der Waals surface area contributed by atoms with Gasteiger partial charge in [-0.3, -0.25) is 18.7 Å². The van der Waals surface area contributed by atoms with Gasteiger partial charge in [-0.2, -0.15) is 0 Å². The Balaban J connectivity index is 1.55. The molecule has 3 aromatic rings. The van der Waals surface area contributed by atoms with Gasteiger partial charge < -0.3 is 15.0 Å². The maximum atomic E-state index is 12.9. The minimum absolute atomic E-state index is 0.111. The van der Waals surface area contributed by atoms with Crippen molar-refractivity contribution in [3.05, 3.63) is 52.4 Å². The smallest absolute Gasteiger partial charge is 0.328 e. The van der Waals surface area contributed by atoms with Gasteiger partial charge in [-0.15, -0.1) is 0 Å². The van der Waals surface area contributed by atoms with Gasteiger partial charge in [-0.05, 0) is 42.8 Å². The minimum atomic E-state index is -0.474. The lowest BCUT2D eigenvalue weighted by atomic mass is 10.1. The SMILES string of the molecule is COc1ccc(C)cc1N1CC(C(=O)Nc2ccc3c(c2)n(C)c(=O)n3C)CC1=O. The molecule has 1 unspecified atom stereocenters. The zero-order valence-corrected chi connectivity index (χ0v) is 17.4. The van der Waals surface area contributed by atoms with Gasteiger partial charge in [-0.25, -0.2) is 4.79 Å². The van der Waals surface area contributed by atoms with E-state index in [0.717, 1.165) is 16.6 Å². The lowest BCUT2D eigenvalue weighted by molar-refractivity contribution is -0.122. The van der Waals surface area contributed by atoms with Crippen molar-refractivity contribution in [1.29, 1.82) is 0 Å². The van der Waals surface area contributed by atoms with Crippen LogP contribution in [0.4, 0.5) is 11.4 Å². The Bertz CT molecular complexity index is 1220. The van der Waals surface area contributed by atoms with Gasteiger partial charge in [0.1, 0.15) is 5.75 Å². The summed E-state index contributed by atoms with van der Waals surface area (Å²) < 4.78 is 8.49. The second-order valence-electron chi connectivity index (χ2n) is 7.67. The third kappa shape index (κ3) is 3.24. The van der Waals surface area contributed by atoms with E-state index in [-0.39, 0.29) is 30.5 Å². The van der Waals surface area contributed by atoms with Crippen LogP contribution in [0.2, 0.25) is 0 Å². The van der Waals surface area contributed by atoms with Crippen LogP contribution >= 0.6 is 0 Å². The van der Waals surface area contributed by atoms with Crippen molar-refractivity contribution in [1.82, 2.24) is 9.13 Å². The van der Waals surface area contributed by atoms with Crippen LogP contribution in [0.3, 0.4) is 0 Å². The second kappa shape index (κ2) is 7.37. The quantitative estimate of drug-likeness (QED) is 0.717. The molecule has 1 atom stereocenters. The molecule has 2 heterocycles. The molecular weight excluding hydrogens is 384 g/mol. The highest BCUT2D eigenvalue weighted by Crippen LogP contribution is 2.34. The van der Waals surface area contributed by atoms with Crippen LogP contribution in [0.5, 0.6) is 5.75 Å². The summed E-state index contributed by atoms with van der Waals surface area (Å²) in [6, 6.07) is 11.0. The third-order valence-corrected chi connectivity index (χ3v) is 5.66. The number of nitrogens with zero attached hydrogens (tertiary/aromatic N) is 3. The number of hydrogen-bond acceptors (Lipinski definition) is 4. The first-order chi connectivity index (χ1) is 14.3. The molecule has 2 aromatic carbocycles. The molecule has 8 heteroatoms. The first-order valence-corrected chi connectivity index (χ1v) is 9.71. The first-order valence-electron chi connectivity index (χ1n) is 9.71. The molecule has 1 aliphatic heterocycles. The molecular formula is C22H24N4O4. The molecule has 1 N–H and O–H groups in total. The zero-order valence-electron chi connectivity index (χ0n) is 17.4. The number of fused-ring (bicyclic) bond motifs is 1.